The molecule has 26 heavy (non-hydrogen) atoms. The number of ether oxygens (including phenoxy) is 1. The lowest BCUT2D eigenvalue weighted by Gasteiger charge is -2.03. The molecule has 0 unspecified atom stereocenters. The van der Waals surface area contributed by atoms with Crippen LogP contribution in [0.2, 0.25) is 0 Å². The Morgan fingerprint density at radius 1 is 0.846 bits per heavy atom. The van der Waals surface area contributed by atoms with Gasteiger partial charge in [0, 0.05) is 5.39 Å². The number of benzene rings is 3. The third-order valence-corrected chi connectivity index (χ3v) is 4.60. The Morgan fingerprint density at radius 2 is 1.65 bits per heavy atom. The van der Waals surface area contributed by atoms with Gasteiger partial charge in [0.1, 0.15) is 11.4 Å². The maximum Gasteiger partial charge on any atom is 0.157 e. The highest BCUT2D eigenvalue weighted by Crippen LogP contribution is 2.29. The number of aromatic amines is 2. The minimum absolute atomic E-state index is 0.792. The molecule has 0 amide bonds. The van der Waals surface area contributed by atoms with Gasteiger partial charge < -0.3 is 9.72 Å². The largest absolute Gasteiger partial charge is 0.497 e. The maximum atomic E-state index is 5.23. The quantitative estimate of drug-likeness (QED) is 0.496. The lowest BCUT2D eigenvalue weighted by Crippen LogP contribution is -1.83. The molecule has 5 aromatic rings. The molecule has 0 aliphatic rings. The second kappa shape index (κ2) is 5.74. The predicted octanol–water partition coefficient (Wildman–Crippen LogP) is 4.78. The summed E-state index contributed by atoms with van der Waals surface area (Å²) in [5.41, 5.74) is 6.02. The monoisotopic (exact) mass is 340 g/mol. The zero-order valence-corrected chi connectivity index (χ0v) is 14.2. The van der Waals surface area contributed by atoms with E-state index in [1.165, 1.54) is 0 Å². The molecule has 5 heteroatoms. The van der Waals surface area contributed by atoms with E-state index in [1.807, 2.05) is 42.5 Å². The number of nitrogens with one attached hydrogen (secondary N) is 2. The van der Waals surface area contributed by atoms with E-state index in [0.717, 1.165) is 50.3 Å². The summed E-state index contributed by atoms with van der Waals surface area (Å²) in [7, 11) is 1.67. The molecule has 0 radical (unpaired) electrons. The van der Waals surface area contributed by atoms with Gasteiger partial charge in [0.25, 0.3) is 0 Å². The lowest BCUT2D eigenvalue weighted by molar-refractivity contribution is 0.415. The average Bonchev–Trinajstić information content (AvgIpc) is 3.31. The highest BCUT2D eigenvalue weighted by Gasteiger charge is 2.12. The van der Waals surface area contributed by atoms with E-state index in [0.29, 0.717) is 0 Å². The fourth-order valence-electron chi connectivity index (χ4n) is 3.23. The van der Waals surface area contributed by atoms with Crippen LogP contribution in [-0.2, 0) is 0 Å². The third kappa shape index (κ3) is 2.33. The van der Waals surface area contributed by atoms with Gasteiger partial charge in [-0.1, -0.05) is 36.4 Å². The first-order chi connectivity index (χ1) is 12.8. The van der Waals surface area contributed by atoms with E-state index >= 15 is 0 Å². The number of hydrogen-bond acceptors (Lipinski definition) is 3. The van der Waals surface area contributed by atoms with E-state index < -0.39 is 0 Å². The van der Waals surface area contributed by atoms with Gasteiger partial charge in [-0.2, -0.15) is 5.10 Å². The second-order valence-corrected chi connectivity index (χ2v) is 6.16. The van der Waals surface area contributed by atoms with Crippen LogP contribution >= 0.6 is 0 Å². The number of nitrogens with zero attached hydrogens (tertiary/aromatic N) is 2. The summed E-state index contributed by atoms with van der Waals surface area (Å²) in [5.74, 6) is 1.64. The zero-order valence-electron chi connectivity index (χ0n) is 14.2. The summed E-state index contributed by atoms with van der Waals surface area (Å²) in [4.78, 5) is 8.14. The third-order valence-electron chi connectivity index (χ3n) is 4.60. The summed E-state index contributed by atoms with van der Waals surface area (Å²) in [5, 5.41) is 8.50. The van der Waals surface area contributed by atoms with E-state index in [9.17, 15) is 0 Å². The first kappa shape index (κ1) is 14.7. The van der Waals surface area contributed by atoms with Gasteiger partial charge in [-0.15, -0.1) is 0 Å². The number of para-hydroxylation sites is 1. The van der Waals surface area contributed by atoms with Crippen LogP contribution in [0.25, 0.3) is 44.6 Å². The van der Waals surface area contributed by atoms with Gasteiger partial charge in [0.05, 0.1) is 23.7 Å². The summed E-state index contributed by atoms with van der Waals surface area (Å²) >= 11 is 0. The van der Waals surface area contributed by atoms with E-state index in [-0.39, 0.29) is 0 Å². The molecule has 0 aliphatic carbocycles. The molecule has 5 rings (SSSR count). The highest BCUT2D eigenvalue weighted by atomic mass is 16.5. The summed E-state index contributed by atoms with van der Waals surface area (Å²) in [6.45, 7) is 0. The van der Waals surface area contributed by atoms with Crippen molar-refractivity contribution in [2.75, 3.05) is 7.11 Å². The van der Waals surface area contributed by atoms with Gasteiger partial charge in [-0.25, -0.2) is 4.98 Å². The van der Waals surface area contributed by atoms with Gasteiger partial charge in [0.2, 0.25) is 0 Å². The molecule has 2 N–H and O–H groups in total. The topological polar surface area (TPSA) is 66.6 Å². The smallest absolute Gasteiger partial charge is 0.157 e. The molecular formula is C21H16N4O. The standard InChI is InChI=1S/C21H16N4O/c1-26-15-9-6-13(7-10-15)14-8-11-18-19(12-14)23-21(22-18)20-16-4-2-3-5-17(16)24-25-20/h2-12H,1H3,(H,22,23)(H,24,25). The number of H-pyrrole nitrogens is 2. The number of aromatic nitrogens is 4. The van der Waals surface area contributed by atoms with Crippen molar-refractivity contribution in [1.82, 2.24) is 20.2 Å². The minimum atomic E-state index is 0.792. The molecule has 3 aromatic carbocycles. The van der Waals surface area contributed by atoms with Crippen LogP contribution in [0.4, 0.5) is 0 Å². The second-order valence-electron chi connectivity index (χ2n) is 6.16. The highest BCUT2D eigenvalue weighted by molar-refractivity contribution is 5.93. The summed E-state index contributed by atoms with van der Waals surface area (Å²) < 4.78 is 5.23. The van der Waals surface area contributed by atoms with Crippen molar-refractivity contribution in [2.45, 2.75) is 0 Å². The summed E-state index contributed by atoms with van der Waals surface area (Å²) in [6, 6.07) is 22.3. The van der Waals surface area contributed by atoms with E-state index in [4.69, 9.17) is 9.72 Å². The maximum absolute atomic E-state index is 5.23. The van der Waals surface area contributed by atoms with Gasteiger partial charge >= 0.3 is 0 Å². The Bertz CT molecular complexity index is 1220. The molecule has 0 fully saturated rings. The number of hydrogen-bond donors (Lipinski definition) is 2. The molecular weight excluding hydrogens is 324 g/mol. The van der Waals surface area contributed by atoms with E-state index in [1.54, 1.807) is 7.11 Å². The summed E-state index contributed by atoms with van der Waals surface area (Å²) in [6.07, 6.45) is 0. The Labute approximate surface area is 149 Å². The zero-order chi connectivity index (χ0) is 17.5. The van der Waals surface area contributed by atoms with Crippen molar-refractivity contribution in [1.29, 1.82) is 0 Å². The molecule has 0 atom stereocenters. The van der Waals surface area contributed by atoms with Gasteiger partial charge in [-0.05, 0) is 41.5 Å². The first-order valence-corrected chi connectivity index (χ1v) is 8.39. The van der Waals surface area contributed by atoms with Crippen molar-refractivity contribution in [3.63, 3.8) is 0 Å². The van der Waals surface area contributed by atoms with Crippen molar-refractivity contribution >= 4 is 21.9 Å². The van der Waals surface area contributed by atoms with Gasteiger partial charge in [-0.3, -0.25) is 5.10 Å². The van der Waals surface area contributed by atoms with Crippen LogP contribution in [0.15, 0.2) is 66.7 Å². The first-order valence-electron chi connectivity index (χ1n) is 8.39. The fraction of sp³-hybridized carbons (Fsp3) is 0.0476. The normalized spacial score (nSPS) is 11.3. The molecule has 2 aromatic heterocycles. The molecule has 0 saturated heterocycles. The van der Waals surface area contributed by atoms with Crippen molar-refractivity contribution in [2.24, 2.45) is 0 Å². The van der Waals surface area contributed by atoms with Crippen LogP contribution in [0, 0.1) is 0 Å². The fourth-order valence-corrected chi connectivity index (χ4v) is 3.23. The van der Waals surface area contributed by atoms with Crippen LogP contribution in [-0.4, -0.2) is 27.3 Å². The van der Waals surface area contributed by atoms with Crippen LogP contribution < -0.4 is 4.74 Å². The average molecular weight is 340 g/mol. The molecule has 0 spiro atoms. The van der Waals surface area contributed by atoms with Crippen molar-refractivity contribution in [3.8, 4) is 28.4 Å². The molecule has 5 nitrogen and oxygen atoms in total. The lowest BCUT2D eigenvalue weighted by atomic mass is 10.1. The van der Waals surface area contributed by atoms with Crippen molar-refractivity contribution in [3.05, 3.63) is 66.7 Å². The number of imidazole rings is 1. The molecule has 2 heterocycles. The van der Waals surface area contributed by atoms with E-state index in [2.05, 4.69) is 39.4 Å². The number of rotatable bonds is 3. The van der Waals surface area contributed by atoms with Gasteiger partial charge in [0.15, 0.2) is 5.82 Å². The van der Waals surface area contributed by atoms with Crippen molar-refractivity contribution < 1.29 is 4.74 Å². The Balaban J connectivity index is 1.59. The minimum Gasteiger partial charge on any atom is -0.497 e. The van der Waals surface area contributed by atoms with Crippen LogP contribution in [0.3, 0.4) is 0 Å². The Morgan fingerprint density at radius 3 is 2.50 bits per heavy atom. The molecule has 126 valence electrons. The van der Waals surface area contributed by atoms with Crippen LogP contribution in [0.1, 0.15) is 0 Å². The number of fused-ring (bicyclic) bond motifs is 2. The SMILES string of the molecule is COc1ccc(-c2ccc3nc(-c4[nH]nc5ccccc45)[nH]c3c2)cc1. The molecule has 0 bridgehead atoms. The van der Waals surface area contributed by atoms with Crippen LogP contribution in [0.5, 0.6) is 5.75 Å². The predicted molar refractivity (Wildman–Crippen MR) is 103 cm³/mol. The Hall–Kier alpha value is -3.60. The number of methoxy groups -OCH3 is 1. The Kier molecular flexibility index (Phi) is 3.25. The molecule has 0 saturated carbocycles. The molecule has 0 aliphatic heterocycles.